The van der Waals surface area contributed by atoms with Gasteiger partial charge < -0.3 is 0 Å². The molecule has 0 aliphatic carbocycles. The van der Waals surface area contributed by atoms with Crippen LogP contribution in [0.4, 0.5) is 0 Å². The van der Waals surface area contributed by atoms with Gasteiger partial charge in [0.25, 0.3) is 0 Å². The second-order valence-corrected chi connectivity index (χ2v) is 6.99. The number of carbonyl (C=O) groups is 1. The quantitative estimate of drug-likeness (QED) is 0.762. The predicted octanol–water partition coefficient (Wildman–Crippen LogP) is 5.24. The van der Waals surface area contributed by atoms with Crippen molar-refractivity contribution in [3.8, 4) is 6.07 Å². The smallest absolute Gasteiger partial charge is 0.154 e. The van der Waals surface area contributed by atoms with E-state index in [0.717, 1.165) is 0 Å². The summed E-state index contributed by atoms with van der Waals surface area (Å²) in [6.45, 7) is 8.30. The first-order valence-corrected chi connectivity index (χ1v) is 7.29. The second kappa shape index (κ2) is 6.61. The van der Waals surface area contributed by atoms with Crippen molar-refractivity contribution in [2.24, 2.45) is 11.3 Å². The van der Waals surface area contributed by atoms with Crippen LogP contribution in [0.2, 0.25) is 10.0 Å². The molecule has 2 unspecified atom stereocenters. The van der Waals surface area contributed by atoms with E-state index in [2.05, 4.69) is 26.8 Å². The van der Waals surface area contributed by atoms with E-state index in [0.29, 0.717) is 22.0 Å². The van der Waals surface area contributed by atoms with Crippen LogP contribution in [0.5, 0.6) is 0 Å². The molecule has 1 aromatic rings. The molecule has 2 nitrogen and oxygen atoms in total. The van der Waals surface area contributed by atoms with Gasteiger partial charge in [-0.2, -0.15) is 5.26 Å². The third kappa shape index (κ3) is 4.23. The van der Waals surface area contributed by atoms with Gasteiger partial charge in [0.1, 0.15) is 5.92 Å². The highest BCUT2D eigenvalue weighted by Crippen LogP contribution is 2.32. The molecule has 0 amide bonds. The average molecular weight is 312 g/mol. The number of halogens is 2. The van der Waals surface area contributed by atoms with Crippen LogP contribution in [-0.2, 0) is 4.79 Å². The van der Waals surface area contributed by atoms with E-state index in [-0.39, 0.29) is 17.1 Å². The zero-order valence-corrected chi connectivity index (χ0v) is 13.7. The third-order valence-corrected chi connectivity index (χ3v) is 4.45. The molecule has 0 radical (unpaired) electrons. The highest BCUT2D eigenvalue weighted by molar-refractivity contribution is 6.42. The van der Waals surface area contributed by atoms with Gasteiger partial charge >= 0.3 is 0 Å². The number of ketones is 1. The lowest BCUT2D eigenvalue weighted by Crippen LogP contribution is -2.23. The number of hydrogen-bond acceptors (Lipinski definition) is 2. The average Bonchev–Trinajstić information content (AvgIpc) is 2.33. The molecule has 0 saturated carbocycles. The fraction of sp³-hybridized carbons (Fsp3) is 0.500. The molecule has 2 atom stereocenters. The number of hydrogen-bond donors (Lipinski definition) is 0. The maximum absolute atomic E-state index is 12.3. The highest BCUT2D eigenvalue weighted by atomic mass is 35.5. The van der Waals surface area contributed by atoms with Gasteiger partial charge in [-0.1, -0.05) is 57.0 Å². The lowest BCUT2D eigenvalue weighted by atomic mass is 9.77. The Labute approximate surface area is 130 Å². The Kier molecular flexibility index (Phi) is 5.62. The summed E-state index contributed by atoms with van der Waals surface area (Å²) in [5.41, 5.74) is 0.640. The van der Waals surface area contributed by atoms with Crippen LogP contribution in [-0.4, -0.2) is 5.78 Å². The SMILES string of the molecule is CC(CC(=O)C(C#N)c1ccc(Cl)c(Cl)c1)C(C)(C)C. The Bertz CT molecular complexity index is 540. The Morgan fingerprint density at radius 2 is 1.90 bits per heavy atom. The molecule has 0 bridgehead atoms. The highest BCUT2D eigenvalue weighted by Gasteiger charge is 2.27. The van der Waals surface area contributed by atoms with Crippen LogP contribution < -0.4 is 0 Å². The molecular weight excluding hydrogens is 293 g/mol. The summed E-state index contributed by atoms with van der Waals surface area (Å²) >= 11 is 11.8. The van der Waals surface area contributed by atoms with Crippen LogP contribution in [0.1, 0.15) is 45.6 Å². The molecule has 0 saturated heterocycles. The molecule has 4 heteroatoms. The van der Waals surface area contributed by atoms with E-state index in [9.17, 15) is 10.1 Å². The van der Waals surface area contributed by atoms with Crippen LogP contribution in [0.3, 0.4) is 0 Å². The first kappa shape index (κ1) is 17.0. The summed E-state index contributed by atoms with van der Waals surface area (Å²) in [4.78, 5) is 12.3. The Balaban J connectivity index is 2.94. The fourth-order valence-electron chi connectivity index (χ4n) is 1.75. The number of nitrogens with zero attached hydrogens (tertiary/aromatic N) is 1. The first-order valence-electron chi connectivity index (χ1n) is 6.54. The van der Waals surface area contributed by atoms with Crippen LogP contribution in [0.25, 0.3) is 0 Å². The molecule has 108 valence electrons. The van der Waals surface area contributed by atoms with Crippen molar-refractivity contribution < 1.29 is 4.79 Å². The first-order chi connectivity index (χ1) is 9.16. The number of carbonyl (C=O) groups excluding carboxylic acids is 1. The van der Waals surface area contributed by atoms with Crippen LogP contribution in [0, 0.1) is 22.7 Å². The van der Waals surface area contributed by atoms with Gasteiger partial charge in [-0.25, -0.2) is 0 Å². The molecule has 20 heavy (non-hydrogen) atoms. The van der Waals surface area contributed by atoms with E-state index < -0.39 is 5.92 Å². The van der Waals surface area contributed by atoms with E-state index in [1.165, 1.54) is 0 Å². The summed E-state index contributed by atoms with van der Waals surface area (Å²) in [6.07, 6.45) is 0.377. The Morgan fingerprint density at radius 1 is 1.30 bits per heavy atom. The van der Waals surface area contributed by atoms with Crippen molar-refractivity contribution in [3.05, 3.63) is 33.8 Å². The van der Waals surface area contributed by atoms with Gasteiger partial charge in [-0.05, 0) is 29.0 Å². The molecule has 0 heterocycles. The van der Waals surface area contributed by atoms with Crippen molar-refractivity contribution in [1.29, 1.82) is 5.26 Å². The monoisotopic (exact) mass is 311 g/mol. The Hall–Kier alpha value is -1.04. The Morgan fingerprint density at radius 3 is 2.35 bits per heavy atom. The molecule has 0 aliphatic heterocycles. The van der Waals surface area contributed by atoms with Crippen molar-refractivity contribution in [2.45, 2.75) is 40.0 Å². The molecule has 0 aromatic heterocycles. The van der Waals surface area contributed by atoms with Gasteiger partial charge in [0.05, 0.1) is 16.1 Å². The van der Waals surface area contributed by atoms with Gasteiger partial charge in [-0.15, -0.1) is 0 Å². The van der Waals surface area contributed by atoms with Gasteiger partial charge in [0, 0.05) is 6.42 Å². The van der Waals surface area contributed by atoms with Gasteiger partial charge in [0.15, 0.2) is 5.78 Å². The number of rotatable bonds is 4. The lowest BCUT2D eigenvalue weighted by molar-refractivity contribution is -0.120. The van der Waals surface area contributed by atoms with Crippen LogP contribution in [0.15, 0.2) is 18.2 Å². The normalized spacial score (nSPS) is 14.4. The third-order valence-electron chi connectivity index (χ3n) is 3.71. The molecule has 0 N–H and O–H groups in total. The molecule has 1 aromatic carbocycles. The van der Waals surface area contributed by atoms with E-state index in [1.54, 1.807) is 18.2 Å². The van der Waals surface area contributed by atoms with E-state index in [1.807, 2.05) is 6.92 Å². The molecule has 0 fully saturated rings. The molecule has 0 spiro atoms. The second-order valence-electron chi connectivity index (χ2n) is 6.17. The van der Waals surface area contributed by atoms with Crippen molar-refractivity contribution in [1.82, 2.24) is 0 Å². The zero-order chi connectivity index (χ0) is 15.5. The molecular formula is C16H19Cl2NO. The maximum Gasteiger partial charge on any atom is 0.154 e. The fourth-order valence-corrected chi connectivity index (χ4v) is 2.06. The topological polar surface area (TPSA) is 40.9 Å². The standard InChI is InChI=1S/C16H19Cl2NO/c1-10(16(2,3)4)7-15(20)12(9-19)11-5-6-13(17)14(18)8-11/h5-6,8,10,12H,7H2,1-4H3. The largest absolute Gasteiger partial charge is 0.298 e. The summed E-state index contributed by atoms with van der Waals surface area (Å²) in [5, 5.41) is 10.1. The summed E-state index contributed by atoms with van der Waals surface area (Å²) < 4.78 is 0. The number of nitriles is 1. The van der Waals surface area contributed by atoms with Gasteiger partial charge in [0.2, 0.25) is 0 Å². The van der Waals surface area contributed by atoms with Crippen molar-refractivity contribution in [3.63, 3.8) is 0 Å². The van der Waals surface area contributed by atoms with Gasteiger partial charge in [-0.3, -0.25) is 4.79 Å². The van der Waals surface area contributed by atoms with E-state index in [4.69, 9.17) is 23.2 Å². The predicted molar refractivity (Wildman–Crippen MR) is 83.1 cm³/mol. The summed E-state index contributed by atoms with van der Waals surface area (Å²) in [6, 6.07) is 6.96. The molecule has 0 aliphatic rings. The van der Waals surface area contributed by atoms with Crippen LogP contribution >= 0.6 is 23.2 Å². The number of benzene rings is 1. The number of Topliss-reactive ketones (excluding diaryl/α,β-unsaturated/α-hetero) is 1. The minimum Gasteiger partial charge on any atom is -0.298 e. The lowest BCUT2D eigenvalue weighted by Gasteiger charge is -2.27. The zero-order valence-electron chi connectivity index (χ0n) is 12.2. The molecule has 1 rings (SSSR count). The minimum atomic E-state index is -0.783. The summed E-state index contributed by atoms with van der Waals surface area (Å²) in [5.74, 6) is -0.656. The van der Waals surface area contributed by atoms with Crippen molar-refractivity contribution in [2.75, 3.05) is 0 Å². The summed E-state index contributed by atoms with van der Waals surface area (Å²) in [7, 11) is 0. The minimum absolute atomic E-state index is 0.0350. The van der Waals surface area contributed by atoms with Crippen molar-refractivity contribution >= 4 is 29.0 Å². The van der Waals surface area contributed by atoms with E-state index >= 15 is 0 Å². The maximum atomic E-state index is 12.3.